The summed E-state index contributed by atoms with van der Waals surface area (Å²) in [7, 11) is 3.34. The summed E-state index contributed by atoms with van der Waals surface area (Å²) < 4.78 is 12.1. The summed E-state index contributed by atoms with van der Waals surface area (Å²) in [5.41, 5.74) is 9.38. The van der Waals surface area contributed by atoms with Crippen LogP contribution in [0.2, 0.25) is 0 Å². The summed E-state index contributed by atoms with van der Waals surface area (Å²) >= 11 is 4.77. The van der Waals surface area contributed by atoms with Gasteiger partial charge in [0.15, 0.2) is 0 Å². The van der Waals surface area contributed by atoms with Gasteiger partial charge in [0.05, 0.1) is 19.0 Å². The van der Waals surface area contributed by atoms with Gasteiger partial charge in [-0.2, -0.15) is 0 Å². The van der Waals surface area contributed by atoms with Crippen molar-refractivity contribution in [3.8, 4) is 5.75 Å². The van der Waals surface area contributed by atoms with Gasteiger partial charge in [-0.15, -0.1) is 0 Å². The first-order valence-corrected chi connectivity index (χ1v) is 6.88. The fourth-order valence-electron chi connectivity index (χ4n) is 2.57. The van der Waals surface area contributed by atoms with Crippen molar-refractivity contribution in [1.82, 2.24) is 4.57 Å². The molecule has 2 rings (SSSR count). The van der Waals surface area contributed by atoms with Gasteiger partial charge in [0, 0.05) is 24.2 Å². The van der Waals surface area contributed by atoms with Crippen LogP contribution >= 0.6 is 12.2 Å². The molecule has 0 aliphatic rings. The first-order chi connectivity index (χ1) is 9.85. The smallest absolute Gasteiger partial charge is 0.310 e. The molecule has 2 aromatic rings. The van der Waals surface area contributed by atoms with Gasteiger partial charge in [-0.05, 0) is 43.3 Å². The van der Waals surface area contributed by atoms with Gasteiger partial charge in [0.1, 0.15) is 5.75 Å². The van der Waals surface area contributed by atoms with E-state index in [2.05, 4.69) is 0 Å². The lowest BCUT2D eigenvalue weighted by Gasteiger charge is -2.07. The average Bonchev–Trinajstić information content (AvgIpc) is 2.63. The van der Waals surface area contributed by atoms with Crippen LogP contribution < -0.4 is 10.5 Å². The first kappa shape index (κ1) is 15.3. The number of aromatic nitrogens is 1. The van der Waals surface area contributed by atoms with Crippen LogP contribution in [0.1, 0.15) is 16.8 Å². The van der Waals surface area contributed by atoms with Crippen LogP contribution in [0, 0.1) is 13.8 Å². The van der Waals surface area contributed by atoms with Crippen molar-refractivity contribution in [2.45, 2.75) is 20.3 Å². The van der Waals surface area contributed by atoms with Gasteiger partial charge in [-0.1, -0.05) is 0 Å². The number of benzene rings is 1. The second-order valence-corrected chi connectivity index (χ2v) is 5.33. The number of carbonyl (C=O) groups is 1. The van der Waals surface area contributed by atoms with Crippen molar-refractivity contribution in [3.63, 3.8) is 0 Å². The number of hydrogen-bond donors (Lipinski definition) is 1. The summed E-state index contributed by atoms with van der Waals surface area (Å²) in [5, 5.41) is 1.02. The van der Waals surface area contributed by atoms with Gasteiger partial charge in [-0.25, -0.2) is 0 Å². The van der Waals surface area contributed by atoms with Gasteiger partial charge in [0.25, 0.3) is 5.17 Å². The fourth-order valence-corrected chi connectivity index (χ4v) is 2.66. The van der Waals surface area contributed by atoms with Crippen LogP contribution in [0.25, 0.3) is 10.9 Å². The largest absolute Gasteiger partial charge is 0.469 e. The Balaban J connectivity index is 2.64. The Labute approximate surface area is 128 Å². The number of carbonyl (C=O) groups excluding carboxylic acids is 1. The van der Waals surface area contributed by atoms with E-state index in [4.69, 9.17) is 27.4 Å². The van der Waals surface area contributed by atoms with E-state index in [9.17, 15) is 4.79 Å². The summed E-state index contributed by atoms with van der Waals surface area (Å²) in [6.45, 7) is 3.95. The highest BCUT2D eigenvalue weighted by Gasteiger charge is 2.18. The Morgan fingerprint density at radius 2 is 2.05 bits per heavy atom. The minimum absolute atomic E-state index is 0.0190. The lowest BCUT2D eigenvalue weighted by molar-refractivity contribution is -0.139. The molecular formula is C15H18N2O3S. The van der Waals surface area contributed by atoms with Crippen molar-refractivity contribution in [2.24, 2.45) is 12.8 Å². The maximum atomic E-state index is 11.6. The molecule has 0 spiro atoms. The van der Waals surface area contributed by atoms with E-state index in [1.54, 1.807) is 0 Å². The number of ether oxygens (including phenoxy) is 2. The molecule has 2 N–H and O–H groups in total. The molecule has 0 atom stereocenters. The highest BCUT2D eigenvalue weighted by molar-refractivity contribution is 7.80. The average molecular weight is 306 g/mol. The third kappa shape index (κ3) is 2.85. The lowest BCUT2D eigenvalue weighted by Crippen LogP contribution is -2.15. The number of fused-ring (bicyclic) bond motifs is 1. The molecule has 1 aromatic carbocycles. The number of aryl methyl sites for hydroxylation is 2. The molecule has 1 heterocycles. The molecule has 0 saturated heterocycles. The molecule has 0 saturated carbocycles. The van der Waals surface area contributed by atoms with Crippen LogP contribution in [-0.2, 0) is 23.0 Å². The molecule has 0 aliphatic carbocycles. The maximum absolute atomic E-state index is 11.6. The molecule has 0 unspecified atom stereocenters. The number of rotatable bonds is 3. The maximum Gasteiger partial charge on any atom is 0.310 e. The highest BCUT2D eigenvalue weighted by Crippen LogP contribution is 2.32. The van der Waals surface area contributed by atoms with Crippen LogP contribution in [0.5, 0.6) is 5.75 Å². The molecule has 0 fully saturated rings. The van der Waals surface area contributed by atoms with Crippen LogP contribution in [0.15, 0.2) is 12.1 Å². The van der Waals surface area contributed by atoms with Crippen molar-refractivity contribution in [2.75, 3.05) is 7.11 Å². The SMILES string of the molecule is COC(=O)Cc1c(C)n(C)c2cc(OC(N)=S)cc(C)c12. The number of methoxy groups -OCH3 is 1. The first-order valence-electron chi connectivity index (χ1n) is 6.47. The normalized spacial score (nSPS) is 10.7. The minimum atomic E-state index is -0.256. The second-order valence-electron chi connectivity index (χ2n) is 4.93. The zero-order valence-corrected chi connectivity index (χ0v) is 13.3. The minimum Gasteiger partial charge on any atom is -0.469 e. The molecule has 0 aliphatic heterocycles. The predicted octanol–water partition coefficient (Wildman–Crippen LogP) is 2.13. The Kier molecular flexibility index (Phi) is 4.18. The van der Waals surface area contributed by atoms with Crippen molar-refractivity contribution in [1.29, 1.82) is 0 Å². The molecular weight excluding hydrogens is 288 g/mol. The van der Waals surface area contributed by atoms with E-state index in [-0.39, 0.29) is 17.6 Å². The molecule has 5 nitrogen and oxygen atoms in total. The van der Waals surface area contributed by atoms with Crippen molar-refractivity contribution < 1.29 is 14.3 Å². The van der Waals surface area contributed by atoms with Gasteiger partial charge >= 0.3 is 5.97 Å². The fraction of sp³-hybridized carbons (Fsp3) is 0.333. The zero-order chi connectivity index (χ0) is 15.7. The van der Waals surface area contributed by atoms with E-state index in [1.807, 2.05) is 37.6 Å². The van der Waals surface area contributed by atoms with Crippen LogP contribution in [0.4, 0.5) is 0 Å². The highest BCUT2D eigenvalue weighted by atomic mass is 32.1. The topological polar surface area (TPSA) is 66.5 Å². The van der Waals surface area contributed by atoms with E-state index >= 15 is 0 Å². The molecule has 0 amide bonds. The van der Waals surface area contributed by atoms with Gasteiger partial charge in [0.2, 0.25) is 0 Å². The number of nitrogens with zero attached hydrogens (tertiary/aromatic N) is 1. The predicted molar refractivity (Wildman–Crippen MR) is 85.5 cm³/mol. The molecule has 6 heteroatoms. The van der Waals surface area contributed by atoms with Crippen LogP contribution in [0.3, 0.4) is 0 Å². The Hall–Kier alpha value is -2.08. The third-order valence-corrected chi connectivity index (χ3v) is 3.74. The summed E-state index contributed by atoms with van der Waals surface area (Å²) in [6, 6.07) is 3.73. The summed E-state index contributed by atoms with van der Waals surface area (Å²) in [4.78, 5) is 11.6. The second kappa shape index (κ2) is 5.73. The summed E-state index contributed by atoms with van der Waals surface area (Å²) in [5.74, 6) is 0.339. The third-order valence-electron chi connectivity index (χ3n) is 3.66. The number of hydrogen-bond acceptors (Lipinski definition) is 4. The number of nitrogens with two attached hydrogens (primary N) is 1. The Bertz CT molecular complexity index is 734. The summed E-state index contributed by atoms with van der Waals surface area (Å²) in [6.07, 6.45) is 0.246. The molecule has 0 radical (unpaired) electrons. The number of thiocarbonyl (C=S) groups is 1. The Morgan fingerprint density at radius 1 is 1.38 bits per heavy atom. The molecule has 0 bridgehead atoms. The lowest BCUT2D eigenvalue weighted by atomic mass is 10.0. The van der Waals surface area contributed by atoms with E-state index < -0.39 is 0 Å². The van der Waals surface area contributed by atoms with E-state index in [1.165, 1.54) is 7.11 Å². The van der Waals surface area contributed by atoms with E-state index in [0.717, 1.165) is 27.7 Å². The van der Waals surface area contributed by atoms with Gasteiger partial charge < -0.3 is 19.8 Å². The van der Waals surface area contributed by atoms with E-state index in [0.29, 0.717) is 5.75 Å². The quantitative estimate of drug-likeness (QED) is 0.695. The molecule has 112 valence electrons. The standard InChI is InChI=1S/C15H18N2O3S/c1-8-5-10(20-15(16)21)6-12-14(8)11(7-13(18)19-4)9(2)17(12)3/h5-6H,7H2,1-4H3,(H2,16,21). The van der Waals surface area contributed by atoms with Crippen molar-refractivity contribution >= 4 is 34.3 Å². The van der Waals surface area contributed by atoms with Crippen LogP contribution in [-0.4, -0.2) is 22.8 Å². The monoisotopic (exact) mass is 306 g/mol. The Morgan fingerprint density at radius 3 is 2.62 bits per heavy atom. The number of esters is 1. The zero-order valence-electron chi connectivity index (χ0n) is 12.5. The molecule has 21 heavy (non-hydrogen) atoms. The van der Waals surface area contributed by atoms with Crippen molar-refractivity contribution in [3.05, 3.63) is 29.0 Å². The molecule has 1 aromatic heterocycles. The van der Waals surface area contributed by atoms with Gasteiger partial charge in [-0.3, -0.25) is 4.79 Å².